The summed E-state index contributed by atoms with van der Waals surface area (Å²) in [6, 6.07) is 0. The molecule has 0 spiro atoms. The van der Waals surface area contributed by atoms with E-state index in [1.807, 2.05) is 5.20 Å². The molecule has 2 aliphatic carbocycles. The third kappa shape index (κ3) is 4.08. The van der Waals surface area contributed by atoms with Gasteiger partial charge < -0.3 is 24.8 Å². The van der Waals surface area contributed by atoms with Crippen molar-refractivity contribution in [3.63, 3.8) is 0 Å². The molecular formula is C19H29Cl2SiZr. The Balaban J connectivity index is 0.00000242. The summed E-state index contributed by atoms with van der Waals surface area (Å²) in [6.07, 6.45) is 6.30. The van der Waals surface area contributed by atoms with E-state index in [0.29, 0.717) is 5.92 Å². The van der Waals surface area contributed by atoms with Crippen molar-refractivity contribution in [2.75, 3.05) is 0 Å². The van der Waals surface area contributed by atoms with Crippen LogP contribution in [0.2, 0.25) is 13.1 Å². The first-order chi connectivity index (χ1) is 9.73. The maximum Gasteiger partial charge on any atom is -1.00 e. The molecule has 0 fully saturated rings. The molecule has 0 nitrogen and oxygen atoms in total. The summed E-state index contributed by atoms with van der Waals surface area (Å²) >= 11 is 1.63. The molecule has 1 atom stereocenters. The maximum atomic E-state index is 2.60. The first kappa shape index (κ1) is 23.6. The Hall–Kier alpha value is 0.640. The molecule has 4 heteroatoms. The predicted octanol–water partition coefficient (Wildman–Crippen LogP) is 0.0149. The van der Waals surface area contributed by atoms with Gasteiger partial charge in [-0.15, -0.1) is 0 Å². The van der Waals surface area contributed by atoms with Crippen LogP contribution in [0.4, 0.5) is 0 Å². The molecule has 0 N–H and O–H groups in total. The number of halogens is 2. The van der Waals surface area contributed by atoms with Crippen LogP contribution in [-0.4, -0.2) is 8.07 Å². The predicted molar refractivity (Wildman–Crippen MR) is 92.4 cm³/mol. The number of hydrogen-bond donors (Lipinski definition) is 0. The molecule has 2 rings (SSSR count). The number of hydrogen-bond acceptors (Lipinski definition) is 0. The topological polar surface area (TPSA) is 0 Å². The average molecular weight is 448 g/mol. The fourth-order valence-electron chi connectivity index (χ4n) is 4.41. The second-order valence-corrected chi connectivity index (χ2v) is 13.0. The second-order valence-electron chi connectivity index (χ2n) is 7.23. The van der Waals surface area contributed by atoms with E-state index >= 15 is 0 Å². The van der Waals surface area contributed by atoms with Gasteiger partial charge in [-0.05, 0) is 0 Å². The molecule has 2 aliphatic rings. The minimum Gasteiger partial charge on any atom is -1.00 e. The van der Waals surface area contributed by atoms with E-state index in [-0.39, 0.29) is 24.8 Å². The average Bonchev–Trinajstić information content (AvgIpc) is 2.86. The first-order valence-corrected chi connectivity index (χ1v) is 12.5. The molecule has 0 aromatic rings. The standard InChI is InChI=1S/C19H29Si.2ClH.Zr/c1-8-10-17-11-9-12-18(17)20(6,7)19-15(4)13(2)14(3)16(19)5;;;/h11,15H,8-10H2,1-7H3;2*1H;/q;;;+2/p-2. The Kier molecular flexibility index (Phi) is 9.08. The minimum atomic E-state index is -1.54. The van der Waals surface area contributed by atoms with Gasteiger partial charge in [0.2, 0.25) is 0 Å². The molecule has 0 bridgehead atoms. The summed E-state index contributed by atoms with van der Waals surface area (Å²) in [5.74, 6) is 0.659. The van der Waals surface area contributed by atoms with Crippen LogP contribution in [0.5, 0.6) is 0 Å². The number of rotatable bonds is 4. The summed E-state index contributed by atoms with van der Waals surface area (Å²) < 4.78 is 1.73. The van der Waals surface area contributed by atoms with Crippen LogP contribution in [0, 0.1) is 5.92 Å². The van der Waals surface area contributed by atoms with Crippen molar-refractivity contribution in [3.8, 4) is 0 Å². The molecule has 0 saturated heterocycles. The van der Waals surface area contributed by atoms with Crippen LogP contribution in [-0.2, 0) is 24.7 Å². The van der Waals surface area contributed by atoms with Gasteiger partial charge in [0.25, 0.3) is 0 Å². The first-order valence-electron chi connectivity index (χ1n) is 8.27. The van der Waals surface area contributed by atoms with Gasteiger partial charge in [-0.2, -0.15) is 0 Å². The Labute approximate surface area is 171 Å². The summed E-state index contributed by atoms with van der Waals surface area (Å²) in [6.45, 7) is 17.0. The normalized spacial score (nSPS) is 21.6. The zero-order valence-electron chi connectivity index (χ0n) is 15.5. The van der Waals surface area contributed by atoms with Gasteiger partial charge in [0, 0.05) is 0 Å². The van der Waals surface area contributed by atoms with Crippen LogP contribution in [0.1, 0.15) is 53.9 Å². The van der Waals surface area contributed by atoms with Gasteiger partial charge in [-0.3, -0.25) is 0 Å². The summed E-state index contributed by atoms with van der Waals surface area (Å²) in [5, 5.41) is 3.61. The zero-order valence-corrected chi connectivity index (χ0v) is 20.5. The van der Waals surface area contributed by atoms with E-state index in [9.17, 15) is 0 Å². The van der Waals surface area contributed by atoms with Crippen molar-refractivity contribution in [1.82, 2.24) is 0 Å². The van der Waals surface area contributed by atoms with Gasteiger partial charge in [-0.25, -0.2) is 0 Å². The van der Waals surface area contributed by atoms with Gasteiger partial charge >= 0.3 is 148 Å². The monoisotopic (exact) mass is 445 g/mol. The zero-order chi connectivity index (χ0) is 15.9. The van der Waals surface area contributed by atoms with Crippen LogP contribution in [0.25, 0.3) is 0 Å². The van der Waals surface area contributed by atoms with Crippen molar-refractivity contribution in [2.24, 2.45) is 5.92 Å². The third-order valence-corrected chi connectivity index (χ3v) is 11.4. The largest absolute Gasteiger partial charge is 1.00 e. The summed E-state index contributed by atoms with van der Waals surface area (Å²) in [7, 11) is -1.54. The van der Waals surface area contributed by atoms with E-state index in [0.717, 1.165) is 0 Å². The molecule has 0 aliphatic heterocycles. The van der Waals surface area contributed by atoms with Gasteiger partial charge in [0.15, 0.2) is 0 Å². The molecule has 0 radical (unpaired) electrons. The molecule has 0 amide bonds. The fraction of sp³-hybridized carbons (Fsp3) is 0.579. The Bertz CT molecular complexity index is 594. The van der Waals surface area contributed by atoms with E-state index in [4.69, 9.17) is 0 Å². The molecule has 1 unspecified atom stereocenters. The Morgan fingerprint density at radius 2 is 1.70 bits per heavy atom. The van der Waals surface area contributed by atoms with Crippen LogP contribution >= 0.6 is 0 Å². The van der Waals surface area contributed by atoms with E-state index in [1.165, 1.54) is 19.3 Å². The van der Waals surface area contributed by atoms with Crippen LogP contribution in [0.3, 0.4) is 0 Å². The fourth-order valence-corrected chi connectivity index (χ4v) is 11.9. The van der Waals surface area contributed by atoms with Crippen molar-refractivity contribution < 1.29 is 49.5 Å². The Morgan fingerprint density at radius 1 is 1.13 bits per heavy atom. The quantitative estimate of drug-likeness (QED) is 0.533. The van der Waals surface area contributed by atoms with Crippen LogP contribution < -0.4 is 24.8 Å². The van der Waals surface area contributed by atoms with Crippen molar-refractivity contribution >= 4 is 8.07 Å². The van der Waals surface area contributed by atoms with E-state index in [1.54, 1.807) is 55.5 Å². The van der Waals surface area contributed by atoms with Crippen molar-refractivity contribution in [2.45, 2.75) is 67.0 Å². The van der Waals surface area contributed by atoms with Crippen LogP contribution in [0.15, 0.2) is 42.0 Å². The molecular weight excluding hydrogens is 418 g/mol. The molecule has 0 heterocycles. The van der Waals surface area contributed by atoms with Gasteiger partial charge in [0.05, 0.1) is 0 Å². The summed E-state index contributed by atoms with van der Waals surface area (Å²) in [5.41, 5.74) is 6.46. The molecule has 127 valence electrons. The van der Waals surface area contributed by atoms with Gasteiger partial charge in [-0.1, -0.05) is 0 Å². The minimum absolute atomic E-state index is 0. The van der Waals surface area contributed by atoms with E-state index < -0.39 is 8.07 Å². The second kappa shape index (κ2) is 8.84. The third-order valence-electron chi connectivity index (χ3n) is 5.63. The molecule has 0 saturated carbocycles. The van der Waals surface area contributed by atoms with Gasteiger partial charge in [0.1, 0.15) is 0 Å². The van der Waals surface area contributed by atoms with E-state index in [2.05, 4.69) is 53.8 Å². The maximum absolute atomic E-state index is 2.60. The number of allylic oxidation sites excluding steroid dienone is 8. The Morgan fingerprint density at radius 3 is 2.13 bits per heavy atom. The van der Waals surface area contributed by atoms with Crippen molar-refractivity contribution in [1.29, 1.82) is 0 Å². The van der Waals surface area contributed by atoms with Crippen molar-refractivity contribution in [3.05, 3.63) is 42.0 Å². The SMILES string of the molecule is CCCC1=CC[C]([Zr+2])=C1[Si](C)(C)C1=C(C)C(C)=C(C)C1C.[Cl-].[Cl-]. The molecule has 0 aromatic carbocycles. The molecule has 23 heavy (non-hydrogen) atoms. The molecule has 0 aromatic heterocycles. The summed E-state index contributed by atoms with van der Waals surface area (Å²) in [4.78, 5) is 0. The smallest absolute Gasteiger partial charge is 1.00 e.